The normalized spacial score (nSPS) is 17.2. The molecular formula is C19H19Cl3N2O4S2. The molecule has 1 unspecified atom stereocenters. The lowest BCUT2D eigenvalue weighted by Gasteiger charge is -2.27. The highest BCUT2D eigenvalue weighted by molar-refractivity contribution is 8.00. The molecule has 0 aliphatic carbocycles. The summed E-state index contributed by atoms with van der Waals surface area (Å²) in [4.78, 5) is 13.3. The van der Waals surface area contributed by atoms with Gasteiger partial charge in [-0.2, -0.15) is 0 Å². The SMILES string of the molecule is O=C(O)C1SCCN1CCCN(c1cc(Cl)ccc1Cl)S(=O)(=O)c1ccc(Cl)cc1. The number of anilines is 1. The Kier molecular flexibility index (Phi) is 7.81. The molecule has 0 amide bonds. The number of halogens is 3. The fourth-order valence-corrected chi connectivity index (χ4v) is 6.36. The monoisotopic (exact) mass is 508 g/mol. The summed E-state index contributed by atoms with van der Waals surface area (Å²) >= 11 is 19.7. The van der Waals surface area contributed by atoms with E-state index in [1.165, 1.54) is 46.4 Å². The van der Waals surface area contributed by atoms with Gasteiger partial charge in [0.25, 0.3) is 10.0 Å². The van der Waals surface area contributed by atoms with Crippen molar-refractivity contribution in [3.05, 3.63) is 57.5 Å². The number of rotatable bonds is 8. The predicted molar refractivity (Wildman–Crippen MR) is 123 cm³/mol. The molecule has 3 rings (SSSR count). The van der Waals surface area contributed by atoms with Gasteiger partial charge in [0.2, 0.25) is 0 Å². The average molecular weight is 510 g/mol. The van der Waals surface area contributed by atoms with E-state index in [4.69, 9.17) is 34.8 Å². The third kappa shape index (κ3) is 5.36. The maximum absolute atomic E-state index is 13.4. The van der Waals surface area contributed by atoms with Gasteiger partial charge in [-0.15, -0.1) is 11.8 Å². The zero-order valence-corrected chi connectivity index (χ0v) is 19.6. The molecular weight excluding hydrogens is 491 g/mol. The summed E-state index contributed by atoms with van der Waals surface area (Å²) < 4.78 is 28.0. The molecule has 2 aromatic rings. The second-order valence-electron chi connectivity index (χ2n) is 6.58. The number of carbonyl (C=O) groups is 1. The van der Waals surface area contributed by atoms with Crippen molar-refractivity contribution >= 4 is 68.2 Å². The fourth-order valence-electron chi connectivity index (χ4n) is 3.16. The Hall–Kier alpha value is -1.16. The van der Waals surface area contributed by atoms with Crippen LogP contribution in [0.2, 0.25) is 15.1 Å². The van der Waals surface area contributed by atoms with E-state index in [0.29, 0.717) is 29.6 Å². The van der Waals surface area contributed by atoms with E-state index >= 15 is 0 Å². The second-order valence-corrected chi connectivity index (χ2v) is 10.9. The fraction of sp³-hybridized carbons (Fsp3) is 0.316. The lowest BCUT2D eigenvalue weighted by Crippen LogP contribution is -2.38. The van der Waals surface area contributed by atoms with E-state index in [0.717, 1.165) is 5.75 Å². The number of carboxylic acids is 1. The van der Waals surface area contributed by atoms with Crippen LogP contribution in [0.1, 0.15) is 6.42 Å². The molecule has 30 heavy (non-hydrogen) atoms. The van der Waals surface area contributed by atoms with E-state index in [-0.39, 0.29) is 22.2 Å². The predicted octanol–water partition coefficient (Wildman–Crippen LogP) is 4.69. The Morgan fingerprint density at radius 2 is 1.80 bits per heavy atom. The Bertz CT molecular complexity index is 1020. The van der Waals surface area contributed by atoms with Crippen LogP contribution in [0.25, 0.3) is 0 Å². The average Bonchev–Trinajstić information content (AvgIpc) is 3.16. The van der Waals surface area contributed by atoms with Gasteiger partial charge in [-0.05, 0) is 48.9 Å². The summed E-state index contributed by atoms with van der Waals surface area (Å²) in [5, 5.41) is 9.74. The molecule has 1 saturated heterocycles. The van der Waals surface area contributed by atoms with Gasteiger partial charge in [-0.1, -0.05) is 34.8 Å². The molecule has 11 heteroatoms. The third-order valence-electron chi connectivity index (χ3n) is 4.58. The summed E-state index contributed by atoms with van der Waals surface area (Å²) in [5.41, 5.74) is 0.268. The van der Waals surface area contributed by atoms with Crippen molar-refractivity contribution in [2.24, 2.45) is 0 Å². The number of hydrogen-bond acceptors (Lipinski definition) is 5. The molecule has 2 aromatic carbocycles. The highest BCUT2D eigenvalue weighted by atomic mass is 35.5. The summed E-state index contributed by atoms with van der Waals surface area (Å²) in [5.74, 6) is -0.162. The number of sulfonamides is 1. The van der Waals surface area contributed by atoms with Crippen molar-refractivity contribution in [3.8, 4) is 0 Å². The van der Waals surface area contributed by atoms with Crippen molar-refractivity contribution in [2.45, 2.75) is 16.7 Å². The topological polar surface area (TPSA) is 77.9 Å². The van der Waals surface area contributed by atoms with Gasteiger partial charge in [0.05, 0.1) is 15.6 Å². The minimum Gasteiger partial charge on any atom is -0.479 e. The van der Waals surface area contributed by atoms with Gasteiger partial charge in [-0.3, -0.25) is 9.21 Å². The highest BCUT2D eigenvalue weighted by Gasteiger charge is 2.32. The van der Waals surface area contributed by atoms with E-state index < -0.39 is 21.4 Å². The molecule has 0 bridgehead atoms. The van der Waals surface area contributed by atoms with Gasteiger partial charge >= 0.3 is 5.97 Å². The zero-order chi connectivity index (χ0) is 21.9. The van der Waals surface area contributed by atoms with Crippen LogP contribution >= 0.6 is 46.6 Å². The lowest BCUT2D eigenvalue weighted by molar-refractivity contribution is -0.139. The van der Waals surface area contributed by atoms with Crippen LogP contribution in [0.5, 0.6) is 0 Å². The Labute approximate surface area is 194 Å². The first kappa shape index (κ1) is 23.5. The largest absolute Gasteiger partial charge is 0.479 e. The Balaban J connectivity index is 1.87. The van der Waals surface area contributed by atoms with Crippen molar-refractivity contribution in [1.29, 1.82) is 0 Å². The molecule has 0 aromatic heterocycles. The summed E-state index contributed by atoms with van der Waals surface area (Å²) in [6.07, 6.45) is 0.417. The van der Waals surface area contributed by atoms with Crippen LogP contribution in [-0.4, -0.2) is 55.2 Å². The van der Waals surface area contributed by atoms with Crippen molar-refractivity contribution < 1.29 is 18.3 Å². The van der Waals surface area contributed by atoms with Gasteiger partial charge in [0.15, 0.2) is 5.37 Å². The molecule has 162 valence electrons. The quantitative estimate of drug-likeness (QED) is 0.556. The third-order valence-corrected chi connectivity index (χ3v) is 8.45. The first-order valence-electron chi connectivity index (χ1n) is 9.02. The molecule has 6 nitrogen and oxygen atoms in total. The molecule has 1 N–H and O–H groups in total. The summed E-state index contributed by atoms with van der Waals surface area (Å²) in [6.45, 7) is 1.19. The maximum atomic E-state index is 13.4. The molecule has 1 atom stereocenters. The molecule has 1 heterocycles. The number of aliphatic carboxylic acids is 1. The van der Waals surface area contributed by atoms with Crippen LogP contribution in [0, 0.1) is 0 Å². The van der Waals surface area contributed by atoms with Crippen LogP contribution in [0.4, 0.5) is 5.69 Å². The molecule has 1 aliphatic heterocycles. The number of benzene rings is 2. The molecule has 0 radical (unpaired) electrons. The zero-order valence-electron chi connectivity index (χ0n) is 15.7. The second kappa shape index (κ2) is 9.97. The molecule has 0 saturated carbocycles. The van der Waals surface area contributed by atoms with Crippen LogP contribution in [0.15, 0.2) is 47.4 Å². The van der Waals surface area contributed by atoms with Gasteiger partial charge < -0.3 is 5.11 Å². The lowest BCUT2D eigenvalue weighted by atomic mass is 10.3. The molecule has 0 spiro atoms. The van der Waals surface area contributed by atoms with E-state index in [9.17, 15) is 18.3 Å². The summed E-state index contributed by atoms with van der Waals surface area (Å²) in [6, 6.07) is 10.5. The smallest absolute Gasteiger partial charge is 0.331 e. The number of nitrogens with zero attached hydrogens (tertiary/aromatic N) is 2. The van der Waals surface area contributed by atoms with Crippen molar-refractivity contribution in [3.63, 3.8) is 0 Å². The van der Waals surface area contributed by atoms with Crippen LogP contribution < -0.4 is 4.31 Å². The summed E-state index contributed by atoms with van der Waals surface area (Å²) in [7, 11) is -3.94. The first-order valence-corrected chi connectivity index (χ1v) is 12.6. The van der Waals surface area contributed by atoms with Gasteiger partial charge in [0, 0.05) is 35.4 Å². The van der Waals surface area contributed by atoms with Gasteiger partial charge in [0.1, 0.15) is 0 Å². The maximum Gasteiger partial charge on any atom is 0.331 e. The van der Waals surface area contributed by atoms with E-state index in [2.05, 4.69) is 0 Å². The van der Waals surface area contributed by atoms with Crippen LogP contribution in [0.3, 0.4) is 0 Å². The minimum atomic E-state index is -3.94. The van der Waals surface area contributed by atoms with E-state index in [1.807, 2.05) is 4.90 Å². The van der Waals surface area contributed by atoms with Gasteiger partial charge in [-0.25, -0.2) is 13.2 Å². The highest BCUT2D eigenvalue weighted by Crippen LogP contribution is 2.33. The Morgan fingerprint density at radius 3 is 2.47 bits per heavy atom. The molecule has 1 fully saturated rings. The first-order chi connectivity index (χ1) is 14.2. The number of thioether (sulfide) groups is 1. The Morgan fingerprint density at radius 1 is 1.13 bits per heavy atom. The molecule has 1 aliphatic rings. The van der Waals surface area contributed by atoms with Crippen molar-refractivity contribution in [1.82, 2.24) is 4.90 Å². The van der Waals surface area contributed by atoms with Crippen LogP contribution in [-0.2, 0) is 14.8 Å². The van der Waals surface area contributed by atoms with E-state index in [1.54, 1.807) is 12.1 Å². The number of carboxylic acid groups (broad SMARTS) is 1. The standard InChI is InChI=1S/C19H19Cl3N2O4S2/c20-13-2-5-15(6-3-13)30(27,28)24(17-12-14(21)4-7-16(17)22)9-1-8-23-10-11-29-18(23)19(25)26/h2-7,12,18H,1,8-11H2,(H,25,26). The number of hydrogen-bond donors (Lipinski definition) is 1. The minimum absolute atomic E-state index is 0.0723. The van der Waals surface area contributed by atoms with Crippen molar-refractivity contribution in [2.75, 3.05) is 29.7 Å².